The summed E-state index contributed by atoms with van der Waals surface area (Å²) in [7, 11) is 0. The summed E-state index contributed by atoms with van der Waals surface area (Å²) in [6.45, 7) is 6.60. The Morgan fingerprint density at radius 3 is 2.30 bits per heavy atom. The first-order chi connectivity index (χ1) is 13.1. The van der Waals surface area contributed by atoms with Crippen molar-refractivity contribution in [3.63, 3.8) is 0 Å². The SMILES string of the molecule is CCCCCOC(C)C(=O)Oc1ccc(-c2ncc(CCCC)cn2)cc1. The molecular weight excluding hydrogens is 340 g/mol. The summed E-state index contributed by atoms with van der Waals surface area (Å²) in [4.78, 5) is 20.9. The van der Waals surface area contributed by atoms with Crippen molar-refractivity contribution in [1.29, 1.82) is 0 Å². The highest BCUT2D eigenvalue weighted by molar-refractivity contribution is 5.77. The minimum absolute atomic E-state index is 0.379. The molecule has 0 N–H and O–H groups in total. The Morgan fingerprint density at radius 2 is 1.67 bits per heavy atom. The maximum absolute atomic E-state index is 12.1. The fourth-order valence-corrected chi connectivity index (χ4v) is 2.57. The van der Waals surface area contributed by atoms with Crippen LogP contribution >= 0.6 is 0 Å². The largest absolute Gasteiger partial charge is 0.425 e. The topological polar surface area (TPSA) is 61.3 Å². The van der Waals surface area contributed by atoms with Crippen LogP contribution in [0.1, 0.15) is 58.4 Å². The van der Waals surface area contributed by atoms with E-state index in [9.17, 15) is 4.79 Å². The molecule has 0 bridgehead atoms. The van der Waals surface area contributed by atoms with Crippen LogP contribution in [-0.2, 0) is 16.0 Å². The van der Waals surface area contributed by atoms with Crippen LogP contribution in [0.2, 0.25) is 0 Å². The van der Waals surface area contributed by atoms with Gasteiger partial charge in [-0.15, -0.1) is 0 Å². The molecule has 1 aromatic heterocycles. The zero-order valence-electron chi connectivity index (χ0n) is 16.6. The number of hydrogen-bond donors (Lipinski definition) is 0. The zero-order valence-corrected chi connectivity index (χ0v) is 16.6. The van der Waals surface area contributed by atoms with Crippen molar-refractivity contribution in [2.75, 3.05) is 6.61 Å². The molecule has 0 saturated heterocycles. The Kier molecular flexibility index (Phi) is 8.92. The van der Waals surface area contributed by atoms with Crippen molar-refractivity contribution in [1.82, 2.24) is 9.97 Å². The summed E-state index contributed by atoms with van der Waals surface area (Å²) in [6, 6.07) is 7.23. The molecule has 0 fully saturated rings. The van der Waals surface area contributed by atoms with Gasteiger partial charge in [-0.1, -0.05) is 33.1 Å². The smallest absolute Gasteiger partial charge is 0.340 e. The van der Waals surface area contributed by atoms with E-state index in [2.05, 4.69) is 23.8 Å². The van der Waals surface area contributed by atoms with Gasteiger partial charge in [-0.05, 0) is 56.0 Å². The van der Waals surface area contributed by atoms with Gasteiger partial charge in [-0.3, -0.25) is 0 Å². The molecule has 146 valence electrons. The van der Waals surface area contributed by atoms with Crippen LogP contribution in [0.3, 0.4) is 0 Å². The monoisotopic (exact) mass is 370 g/mol. The van der Waals surface area contributed by atoms with Gasteiger partial charge >= 0.3 is 5.97 Å². The Balaban J connectivity index is 1.88. The van der Waals surface area contributed by atoms with E-state index in [0.29, 0.717) is 18.2 Å². The van der Waals surface area contributed by atoms with Gasteiger partial charge in [0.05, 0.1) is 0 Å². The molecule has 2 rings (SSSR count). The van der Waals surface area contributed by atoms with E-state index >= 15 is 0 Å². The van der Waals surface area contributed by atoms with Crippen molar-refractivity contribution in [3.05, 3.63) is 42.2 Å². The van der Waals surface area contributed by atoms with Crippen molar-refractivity contribution in [3.8, 4) is 17.1 Å². The molecule has 0 saturated carbocycles. The number of unbranched alkanes of at least 4 members (excludes halogenated alkanes) is 3. The molecule has 5 heteroatoms. The lowest BCUT2D eigenvalue weighted by Gasteiger charge is -2.12. The van der Waals surface area contributed by atoms with Gasteiger partial charge in [0.15, 0.2) is 11.9 Å². The highest BCUT2D eigenvalue weighted by atomic mass is 16.6. The van der Waals surface area contributed by atoms with E-state index in [1.165, 1.54) is 0 Å². The molecule has 5 nitrogen and oxygen atoms in total. The summed E-state index contributed by atoms with van der Waals surface area (Å²) in [5.74, 6) is 0.781. The van der Waals surface area contributed by atoms with Crippen molar-refractivity contribution in [2.45, 2.75) is 65.4 Å². The van der Waals surface area contributed by atoms with Crippen LogP contribution in [0, 0.1) is 0 Å². The Hall–Kier alpha value is -2.27. The molecule has 1 heterocycles. The predicted molar refractivity (Wildman–Crippen MR) is 107 cm³/mol. The first-order valence-electron chi connectivity index (χ1n) is 9.88. The molecule has 0 amide bonds. The number of esters is 1. The third-order valence-electron chi connectivity index (χ3n) is 4.30. The van der Waals surface area contributed by atoms with E-state index in [0.717, 1.165) is 49.7 Å². The molecule has 0 radical (unpaired) electrons. The predicted octanol–water partition coefficient (Wildman–Crippen LogP) is 4.99. The number of carbonyl (C=O) groups is 1. The highest BCUT2D eigenvalue weighted by Gasteiger charge is 2.16. The average molecular weight is 370 g/mol. The van der Waals surface area contributed by atoms with Crippen molar-refractivity contribution < 1.29 is 14.3 Å². The number of nitrogens with zero attached hydrogens (tertiary/aromatic N) is 2. The number of benzene rings is 1. The molecule has 0 aliphatic heterocycles. The molecule has 1 atom stereocenters. The first kappa shape index (κ1) is 21.0. The summed E-state index contributed by atoms with van der Waals surface area (Å²) in [5.41, 5.74) is 2.04. The highest BCUT2D eigenvalue weighted by Crippen LogP contribution is 2.20. The molecule has 0 aliphatic carbocycles. The van der Waals surface area contributed by atoms with Gasteiger partial charge in [0.2, 0.25) is 0 Å². The third kappa shape index (κ3) is 7.10. The van der Waals surface area contributed by atoms with Gasteiger partial charge in [0, 0.05) is 24.6 Å². The van der Waals surface area contributed by atoms with E-state index in [4.69, 9.17) is 9.47 Å². The maximum Gasteiger partial charge on any atom is 0.340 e. The molecular formula is C22H30N2O3. The molecule has 0 aliphatic rings. The van der Waals surface area contributed by atoms with Crippen LogP contribution in [0.5, 0.6) is 5.75 Å². The van der Waals surface area contributed by atoms with E-state index in [-0.39, 0.29) is 5.97 Å². The Morgan fingerprint density at radius 1 is 1.00 bits per heavy atom. The summed E-state index contributed by atoms with van der Waals surface area (Å²) >= 11 is 0. The van der Waals surface area contributed by atoms with Crippen LogP contribution in [0.25, 0.3) is 11.4 Å². The number of aromatic nitrogens is 2. The molecule has 0 spiro atoms. The van der Waals surface area contributed by atoms with E-state index < -0.39 is 6.10 Å². The second-order valence-electron chi connectivity index (χ2n) is 6.68. The molecule has 27 heavy (non-hydrogen) atoms. The second kappa shape index (κ2) is 11.4. The van der Waals surface area contributed by atoms with Crippen molar-refractivity contribution >= 4 is 5.97 Å². The Bertz CT molecular complexity index is 684. The van der Waals surface area contributed by atoms with Gasteiger partial charge in [0.25, 0.3) is 0 Å². The quantitative estimate of drug-likeness (QED) is 0.317. The van der Waals surface area contributed by atoms with Gasteiger partial charge in [-0.25, -0.2) is 14.8 Å². The average Bonchev–Trinajstić information content (AvgIpc) is 2.70. The minimum atomic E-state index is -0.569. The molecule has 1 aromatic carbocycles. The van der Waals surface area contributed by atoms with Crippen LogP contribution in [0.4, 0.5) is 0 Å². The number of aryl methyl sites for hydroxylation is 1. The number of hydrogen-bond acceptors (Lipinski definition) is 5. The van der Waals surface area contributed by atoms with Gasteiger partial charge in [0.1, 0.15) is 5.75 Å². The standard InChI is InChI=1S/C22H30N2O3/c1-4-6-8-14-26-17(3)22(25)27-20-12-10-19(11-13-20)21-23-15-18(16-24-21)9-7-5-2/h10-13,15-17H,4-9,14H2,1-3H3. The molecule has 1 unspecified atom stereocenters. The van der Waals surface area contributed by atoms with Crippen LogP contribution < -0.4 is 4.74 Å². The maximum atomic E-state index is 12.1. The fraction of sp³-hybridized carbons (Fsp3) is 0.500. The van der Waals surface area contributed by atoms with Crippen LogP contribution in [-0.4, -0.2) is 28.6 Å². The normalized spacial score (nSPS) is 12.0. The van der Waals surface area contributed by atoms with Crippen LogP contribution in [0.15, 0.2) is 36.7 Å². The fourth-order valence-electron chi connectivity index (χ4n) is 2.57. The minimum Gasteiger partial charge on any atom is -0.425 e. The van der Waals surface area contributed by atoms with Gasteiger partial charge < -0.3 is 9.47 Å². The summed E-state index contributed by atoms with van der Waals surface area (Å²) in [6.07, 6.45) is 9.68. The Labute approximate surface area is 162 Å². The zero-order chi connectivity index (χ0) is 19.5. The lowest BCUT2D eigenvalue weighted by molar-refractivity contribution is -0.146. The number of rotatable bonds is 11. The number of ether oxygens (including phenoxy) is 2. The second-order valence-corrected chi connectivity index (χ2v) is 6.68. The summed E-state index contributed by atoms with van der Waals surface area (Å²) < 4.78 is 10.9. The molecule has 2 aromatic rings. The third-order valence-corrected chi connectivity index (χ3v) is 4.30. The first-order valence-corrected chi connectivity index (χ1v) is 9.88. The van der Waals surface area contributed by atoms with Gasteiger partial charge in [-0.2, -0.15) is 0 Å². The summed E-state index contributed by atoms with van der Waals surface area (Å²) in [5, 5.41) is 0. The van der Waals surface area contributed by atoms with Crippen molar-refractivity contribution in [2.24, 2.45) is 0 Å². The van der Waals surface area contributed by atoms with E-state index in [1.807, 2.05) is 24.5 Å². The number of carbonyl (C=O) groups excluding carboxylic acids is 1. The van der Waals surface area contributed by atoms with E-state index in [1.54, 1.807) is 19.1 Å². The lowest BCUT2D eigenvalue weighted by Crippen LogP contribution is -2.26. The lowest BCUT2D eigenvalue weighted by atomic mass is 10.1.